The van der Waals surface area contributed by atoms with E-state index in [4.69, 9.17) is 0 Å². The summed E-state index contributed by atoms with van der Waals surface area (Å²) < 4.78 is 3.65. The Bertz CT molecular complexity index is 357. The molecule has 7 heteroatoms. The molecule has 17 heavy (non-hydrogen) atoms. The van der Waals surface area contributed by atoms with Crippen LogP contribution in [0.1, 0.15) is 25.7 Å². The van der Waals surface area contributed by atoms with E-state index in [9.17, 15) is 9.90 Å². The monoisotopic (exact) mass is 256 g/mol. The average Bonchev–Trinajstić information content (AvgIpc) is 2.81. The van der Waals surface area contributed by atoms with Crippen molar-refractivity contribution in [2.75, 3.05) is 11.9 Å². The fraction of sp³-hybridized carbons (Fsp3) is 0.700. The lowest BCUT2D eigenvalue weighted by Crippen LogP contribution is -2.38. The van der Waals surface area contributed by atoms with Gasteiger partial charge in [0.25, 0.3) is 0 Å². The van der Waals surface area contributed by atoms with Crippen LogP contribution >= 0.6 is 11.5 Å². The highest BCUT2D eigenvalue weighted by Crippen LogP contribution is 2.23. The fourth-order valence-electron chi connectivity index (χ4n) is 2.03. The van der Waals surface area contributed by atoms with Crippen molar-refractivity contribution in [1.29, 1.82) is 0 Å². The van der Waals surface area contributed by atoms with Gasteiger partial charge in [-0.25, -0.2) is 4.79 Å². The normalized spacial score (nSPS) is 24.3. The van der Waals surface area contributed by atoms with Gasteiger partial charge >= 0.3 is 6.03 Å². The van der Waals surface area contributed by atoms with E-state index in [1.54, 1.807) is 0 Å². The summed E-state index contributed by atoms with van der Waals surface area (Å²) in [6.45, 7) is 0.513. The van der Waals surface area contributed by atoms with E-state index in [0.29, 0.717) is 11.5 Å². The first-order valence-electron chi connectivity index (χ1n) is 5.76. The lowest BCUT2D eigenvalue weighted by atomic mass is 9.86. The Balaban J connectivity index is 1.72. The van der Waals surface area contributed by atoms with Crippen LogP contribution in [-0.4, -0.2) is 33.4 Å². The molecule has 0 saturated heterocycles. The molecule has 1 heterocycles. The molecular formula is C10H16N4O2S. The molecule has 2 rings (SSSR count). The number of nitrogens with one attached hydrogen (secondary N) is 2. The lowest BCUT2D eigenvalue weighted by molar-refractivity contribution is 0.0712. The van der Waals surface area contributed by atoms with Crippen molar-refractivity contribution in [1.82, 2.24) is 14.9 Å². The molecule has 1 aromatic rings. The van der Waals surface area contributed by atoms with Gasteiger partial charge in [-0.3, -0.25) is 5.32 Å². The number of anilines is 1. The van der Waals surface area contributed by atoms with Crippen molar-refractivity contribution < 1.29 is 9.90 Å². The molecule has 1 aliphatic rings. The Labute approximate surface area is 104 Å². The predicted molar refractivity (Wildman–Crippen MR) is 64.9 cm³/mol. The zero-order valence-electron chi connectivity index (χ0n) is 9.43. The summed E-state index contributed by atoms with van der Waals surface area (Å²) in [7, 11) is 0. The van der Waals surface area contributed by atoms with Crippen LogP contribution in [0.3, 0.4) is 0 Å². The molecule has 3 N–H and O–H groups in total. The number of hydrogen-bond acceptors (Lipinski definition) is 5. The Morgan fingerprint density at radius 1 is 1.53 bits per heavy atom. The third-order valence-corrected chi connectivity index (χ3v) is 3.57. The van der Waals surface area contributed by atoms with Crippen LogP contribution in [0.4, 0.5) is 9.80 Å². The molecule has 1 aliphatic carbocycles. The highest BCUT2D eigenvalue weighted by atomic mass is 32.1. The second-order valence-corrected chi connectivity index (χ2v) is 5.01. The van der Waals surface area contributed by atoms with Crippen LogP contribution in [0, 0.1) is 5.92 Å². The SMILES string of the molecule is O=C(NC[C@H]1CCCC[C@@H]1O)Nc1cnns1. The third-order valence-electron chi connectivity index (χ3n) is 2.99. The maximum Gasteiger partial charge on any atom is 0.319 e. The number of carbonyl (C=O) groups excluding carboxylic acids is 1. The maximum absolute atomic E-state index is 11.5. The van der Waals surface area contributed by atoms with E-state index in [-0.39, 0.29) is 18.1 Å². The summed E-state index contributed by atoms with van der Waals surface area (Å²) in [6.07, 6.45) is 5.24. The number of hydrogen-bond donors (Lipinski definition) is 3. The smallest absolute Gasteiger partial charge is 0.319 e. The van der Waals surface area contributed by atoms with Crippen LogP contribution in [-0.2, 0) is 0 Å². The minimum absolute atomic E-state index is 0.175. The van der Waals surface area contributed by atoms with Gasteiger partial charge in [-0.05, 0) is 12.8 Å². The van der Waals surface area contributed by atoms with Crippen molar-refractivity contribution in [3.05, 3.63) is 6.20 Å². The van der Waals surface area contributed by atoms with Gasteiger partial charge in [0, 0.05) is 24.0 Å². The van der Waals surface area contributed by atoms with Crippen molar-refractivity contribution in [2.24, 2.45) is 5.92 Å². The van der Waals surface area contributed by atoms with Gasteiger partial charge in [-0.2, -0.15) is 0 Å². The molecule has 0 unspecified atom stereocenters. The third kappa shape index (κ3) is 3.64. The van der Waals surface area contributed by atoms with Crippen molar-refractivity contribution in [3.8, 4) is 0 Å². The molecule has 0 aromatic carbocycles. The zero-order chi connectivity index (χ0) is 12.1. The second kappa shape index (κ2) is 5.92. The first-order chi connectivity index (χ1) is 8.25. The van der Waals surface area contributed by atoms with E-state index >= 15 is 0 Å². The number of nitrogens with zero attached hydrogens (tertiary/aromatic N) is 2. The van der Waals surface area contributed by atoms with E-state index in [1.807, 2.05) is 0 Å². The molecule has 0 spiro atoms. The lowest BCUT2D eigenvalue weighted by Gasteiger charge is -2.27. The number of aliphatic hydroxyl groups excluding tert-OH is 1. The van der Waals surface area contributed by atoms with Gasteiger partial charge in [0.2, 0.25) is 0 Å². The highest BCUT2D eigenvalue weighted by molar-refractivity contribution is 7.10. The second-order valence-electron chi connectivity index (χ2n) is 4.23. The molecular weight excluding hydrogens is 240 g/mol. The Hall–Kier alpha value is -1.21. The van der Waals surface area contributed by atoms with Gasteiger partial charge in [0.15, 0.2) is 0 Å². The van der Waals surface area contributed by atoms with E-state index < -0.39 is 0 Å². The van der Waals surface area contributed by atoms with Gasteiger partial charge in [0.05, 0.1) is 12.3 Å². The molecule has 1 fully saturated rings. The predicted octanol–water partition coefficient (Wildman–Crippen LogP) is 1.21. The zero-order valence-corrected chi connectivity index (χ0v) is 10.2. The summed E-state index contributed by atoms with van der Waals surface area (Å²) in [6, 6.07) is -0.270. The molecule has 94 valence electrons. The van der Waals surface area contributed by atoms with E-state index in [0.717, 1.165) is 37.2 Å². The van der Waals surface area contributed by atoms with Gasteiger partial charge < -0.3 is 10.4 Å². The van der Waals surface area contributed by atoms with Crippen LogP contribution in [0.2, 0.25) is 0 Å². The van der Waals surface area contributed by atoms with Crippen LogP contribution in [0.5, 0.6) is 0 Å². The average molecular weight is 256 g/mol. The van der Waals surface area contributed by atoms with Gasteiger partial charge in [0.1, 0.15) is 5.00 Å². The molecule has 2 amide bonds. The first kappa shape index (κ1) is 12.3. The van der Waals surface area contributed by atoms with Gasteiger partial charge in [-0.1, -0.05) is 17.3 Å². The summed E-state index contributed by atoms with van der Waals surface area (Å²) in [5, 5.41) is 19.4. The van der Waals surface area contributed by atoms with E-state index in [1.165, 1.54) is 6.20 Å². The van der Waals surface area contributed by atoms with Crippen molar-refractivity contribution in [3.63, 3.8) is 0 Å². The number of aliphatic hydroxyl groups is 1. The molecule has 0 bridgehead atoms. The van der Waals surface area contributed by atoms with Crippen molar-refractivity contribution in [2.45, 2.75) is 31.8 Å². The Kier molecular flexibility index (Phi) is 4.27. The quantitative estimate of drug-likeness (QED) is 0.758. The van der Waals surface area contributed by atoms with Crippen LogP contribution in [0.25, 0.3) is 0 Å². The maximum atomic E-state index is 11.5. The largest absolute Gasteiger partial charge is 0.393 e. The number of carbonyl (C=O) groups is 1. The number of amides is 2. The molecule has 1 saturated carbocycles. The highest BCUT2D eigenvalue weighted by Gasteiger charge is 2.23. The topological polar surface area (TPSA) is 87.1 Å². The molecule has 1 aromatic heterocycles. The Morgan fingerprint density at radius 2 is 2.35 bits per heavy atom. The minimum Gasteiger partial charge on any atom is -0.393 e. The number of urea groups is 1. The summed E-state index contributed by atoms with van der Waals surface area (Å²) in [5.74, 6) is 0.175. The number of rotatable bonds is 3. The summed E-state index contributed by atoms with van der Waals surface area (Å²) >= 11 is 1.13. The number of aromatic nitrogens is 2. The molecule has 0 radical (unpaired) electrons. The molecule has 2 atom stereocenters. The molecule has 0 aliphatic heterocycles. The van der Waals surface area contributed by atoms with Crippen molar-refractivity contribution >= 4 is 22.6 Å². The summed E-state index contributed by atoms with van der Waals surface area (Å²) in [5.41, 5.74) is 0. The van der Waals surface area contributed by atoms with Gasteiger partial charge in [-0.15, -0.1) is 5.10 Å². The standard InChI is InChI=1S/C10H16N4O2S/c15-8-4-2-1-3-7(8)5-11-10(16)13-9-6-12-14-17-9/h6-8,15H,1-5H2,(H2,11,13,16)/t7-,8+/m1/s1. The minimum atomic E-state index is -0.283. The van der Waals surface area contributed by atoms with Crippen LogP contribution < -0.4 is 10.6 Å². The fourth-order valence-corrected chi connectivity index (χ4v) is 2.44. The van der Waals surface area contributed by atoms with Crippen LogP contribution in [0.15, 0.2) is 6.20 Å². The Morgan fingerprint density at radius 3 is 3.06 bits per heavy atom. The first-order valence-corrected chi connectivity index (χ1v) is 6.53. The summed E-state index contributed by atoms with van der Waals surface area (Å²) in [4.78, 5) is 11.5. The molecule has 6 nitrogen and oxygen atoms in total. The van der Waals surface area contributed by atoms with E-state index in [2.05, 4.69) is 20.2 Å².